The number of nitrogens with one attached hydrogen (secondary N) is 1. The maximum atomic E-state index is 12.4. The summed E-state index contributed by atoms with van der Waals surface area (Å²) in [5.74, 6) is -0.451. The van der Waals surface area contributed by atoms with Crippen molar-refractivity contribution in [2.45, 2.75) is 12.6 Å². The van der Waals surface area contributed by atoms with Gasteiger partial charge in [-0.25, -0.2) is 0 Å². The SMILES string of the molecule is O=C(NCC1CN(Cc2ccccc2)CCO1)c1cc([N+](=O)[O-])ccc1Cl. The van der Waals surface area contributed by atoms with Gasteiger partial charge in [0, 0.05) is 38.3 Å². The highest BCUT2D eigenvalue weighted by molar-refractivity contribution is 6.33. The molecular weight excluding hydrogens is 370 g/mol. The van der Waals surface area contributed by atoms with Crippen LogP contribution < -0.4 is 5.32 Å². The molecule has 1 N–H and O–H groups in total. The highest BCUT2D eigenvalue weighted by Gasteiger charge is 2.22. The van der Waals surface area contributed by atoms with E-state index < -0.39 is 10.8 Å². The Balaban J connectivity index is 1.55. The number of halogens is 1. The van der Waals surface area contributed by atoms with Crippen LogP contribution >= 0.6 is 11.6 Å². The lowest BCUT2D eigenvalue weighted by atomic mass is 10.1. The van der Waals surface area contributed by atoms with E-state index in [9.17, 15) is 14.9 Å². The van der Waals surface area contributed by atoms with Gasteiger partial charge in [-0.15, -0.1) is 0 Å². The monoisotopic (exact) mass is 389 g/mol. The summed E-state index contributed by atoms with van der Waals surface area (Å²) >= 11 is 6.01. The molecule has 7 nitrogen and oxygen atoms in total. The van der Waals surface area contributed by atoms with Gasteiger partial charge in [-0.3, -0.25) is 19.8 Å². The Morgan fingerprint density at radius 2 is 2.07 bits per heavy atom. The number of non-ortho nitro benzene ring substituents is 1. The normalized spacial score (nSPS) is 17.4. The van der Waals surface area contributed by atoms with Gasteiger partial charge in [0.15, 0.2) is 0 Å². The molecule has 1 saturated heterocycles. The summed E-state index contributed by atoms with van der Waals surface area (Å²) in [6, 6.07) is 14.0. The Kier molecular flexibility index (Phi) is 6.39. The minimum absolute atomic E-state index is 0.0859. The molecule has 1 fully saturated rings. The number of hydrogen-bond donors (Lipinski definition) is 1. The van der Waals surface area contributed by atoms with E-state index in [4.69, 9.17) is 16.3 Å². The van der Waals surface area contributed by atoms with Crippen LogP contribution in [-0.4, -0.2) is 48.1 Å². The minimum atomic E-state index is -0.557. The third-order valence-corrected chi connectivity index (χ3v) is 4.70. The molecule has 0 aromatic heterocycles. The van der Waals surface area contributed by atoms with Gasteiger partial charge in [0.25, 0.3) is 11.6 Å². The fraction of sp³-hybridized carbons (Fsp3) is 0.316. The first kappa shape index (κ1) is 19.3. The van der Waals surface area contributed by atoms with Gasteiger partial charge in [-0.1, -0.05) is 41.9 Å². The lowest BCUT2D eigenvalue weighted by molar-refractivity contribution is -0.384. The van der Waals surface area contributed by atoms with Gasteiger partial charge in [0.05, 0.1) is 28.2 Å². The van der Waals surface area contributed by atoms with E-state index in [-0.39, 0.29) is 22.4 Å². The van der Waals surface area contributed by atoms with Crippen molar-refractivity contribution >= 4 is 23.2 Å². The third kappa shape index (κ3) is 5.26. The molecule has 1 aliphatic heterocycles. The van der Waals surface area contributed by atoms with Crippen LogP contribution in [0.1, 0.15) is 15.9 Å². The molecule has 1 heterocycles. The molecule has 27 heavy (non-hydrogen) atoms. The molecule has 2 aromatic rings. The Bertz CT molecular complexity index is 816. The van der Waals surface area contributed by atoms with Gasteiger partial charge >= 0.3 is 0 Å². The van der Waals surface area contributed by atoms with Crippen molar-refractivity contribution in [1.29, 1.82) is 0 Å². The first-order chi connectivity index (χ1) is 13.0. The van der Waals surface area contributed by atoms with Crippen LogP contribution in [-0.2, 0) is 11.3 Å². The van der Waals surface area contributed by atoms with Crippen LogP contribution in [0.25, 0.3) is 0 Å². The van der Waals surface area contributed by atoms with Crippen LogP contribution in [0, 0.1) is 10.1 Å². The number of nitro groups is 1. The highest BCUT2D eigenvalue weighted by Crippen LogP contribution is 2.22. The highest BCUT2D eigenvalue weighted by atomic mass is 35.5. The largest absolute Gasteiger partial charge is 0.374 e. The zero-order valence-electron chi connectivity index (χ0n) is 14.6. The maximum absolute atomic E-state index is 12.4. The lowest BCUT2D eigenvalue weighted by Crippen LogP contribution is -2.47. The van der Waals surface area contributed by atoms with Crippen LogP contribution in [0.15, 0.2) is 48.5 Å². The number of nitro benzene ring substituents is 1. The number of ether oxygens (including phenoxy) is 1. The molecule has 1 atom stereocenters. The van der Waals surface area contributed by atoms with Crippen molar-refractivity contribution in [3.05, 3.63) is 74.8 Å². The van der Waals surface area contributed by atoms with E-state index in [2.05, 4.69) is 22.3 Å². The molecule has 8 heteroatoms. The van der Waals surface area contributed by atoms with Crippen LogP contribution in [0.4, 0.5) is 5.69 Å². The lowest BCUT2D eigenvalue weighted by Gasteiger charge is -2.33. The van der Waals surface area contributed by atoms with Gasteiger partial charge in [-0.2, -0.15) is 0 Å². The van der Waals surface area contributed by atoms with E-state index in [0.29, 0.717) is 19.7 Å². The second-order valence-electron chi connectivity index (χ2n) is 6.34. The van der Waals surface area contributed by atoms with Crippen molar-refractivity contribution in [2.24, 2.45) is 0 Å². The summed E-state index contributed by atoms with van der Waals surface area (Å²) in [7, 11) is 0. The standard InChI is InChI=1S/C19H20ClN3O4/c20-18-7-6-15(23(25)26)10-17(18)19(24)21-11-16-13-22(8-9-27-16)12-14-4-2-1-3-5-14/h1-7,10,16H,8-9,11-13H2,(H,21,24). The quantitative estimate of drug-likeness (QED) is 0.606. The number of morpholine rings is 1. The second-order valence-corrected chi connectivity index (χ2v) is 6.75. The Hall–Kier alpha value is -2.48. The summed E-state index contributed by atoms with van der Waals surface area (Å²) in [5.41, 5.74) is 1.14. The Labute approximate surface area is 162 Å². The summed E-state index contributed by atoms with van der Waals surface area (Å²) in [6.45, 7) is 3.24. The molecule has 0 aliphatic carbocycles. The molecule has 1 unspecified atom stereocenters. The van der Waals surface area contributed by atoms with Gasteiger partial charge in [0.2, 0.25) is 0 Å². The number of carbonyl (C=O) groups excluding carboxylic acids is 1. The smallest absolute Gasteiger partial charge is 0.270 e. The molecule has 1 aliphatic rings. The van der Waals surface area contributed by atoms with E-state index in [1.807, 2.05) is 18.2 Å². The first-order valence-corrected chi connectivity index (χ1v) is 9.01. The van der Waals surface area contributed by atoms with Gasteiger partial charge in [-0.05, 0) is 11.6 Å². The average Bonchev–Trinajstić information content (AvgIpc) is 2.67. The zero-order valence-corrected chi connectivity index (χ0v) is 15.4. The van der Waals surface area contributed by atoms with Crippen molar-refractivity contribution in [3.8, 4) is 0 Å². The van der Waals surface area contributed by atoms with Gasteiger partial charge in [0.1, 0.15) is 0 Å². The van der Waals surface area contributed by atoms with E-state index in [1.54, 1.807) is 0 Å². The topological polar surface area (TPSA) is 84.7 Å². The van der Waals surface area contributed by atoms with Crippen molar-refractivity contribution in [3.63, 3.8) is 0 Å². The van der Waals surface area contributed by atoms with E-state index in [1.165, 1.54) is 23.8 Å². The molecule has 0 radical (unpaired) electrons. The summed E-state index contributed by atoms with van der Waals surface area (Å²) in [6.07, 6.45) is -0.149. The minimum Gasteiger partial charge on any atom is -0.374 e. The predicted molar refractivity (Wildman–Crippen MR) is 102 cm³/mol. The Morgan fingerprint density at radius 3 is 2.81 bits per heavy atom. The molecular formula is C19H20ClN3O4. The first-order valence-electron chi connectivity index (χ1n) is 8.63. The zero-order chi connectivity index (χ0) is 19.2. The molecule has 0 saturated carbocycles. The number of amides is 1. The van der Waals surface area contributed by atoms with E-state index in [0.717, 1.165) is 13.1 Å². The Morgan fingerprint density at radius 1 is 1.30 bits per heavy atom. The van der Waals surface area contributed by atoms with Crippen LogP contribution in [0.5, 0.6) is 0 Å². The van der Waals surface area contributed by atoms with Crippen LogP contribution in [0.2, 0.25) is 5.02 Å². The molecule has 1 amide bonds. The second kappa shape index (κ2) is 8.94. The number of hydrogen-bond acceptors (Lipinski definition) is 5. The molecule has 2 aromatic carbocycles. The number of nitrogens with zero attached hydrogens (tertiary/aromatic N) is 2. The molecule has 0 spiro atoms. The van der Waals surface area contributed by atoms with Crippen molar-refractivity contribution < 1.29 is 14.5 Å². The number of carbonyl (C=O) groups is 1. The third-order valence-electron chi connectivity index (χ3n) is 4.37. The fourth-order valence-corrected chi connectivity index (χ4v) is 3.20. The summed E-state index contributed by atoms with van der Waals surface area (Å²) < 4.78 is 5.73. The van der Waals surface area contributed by atoms with Crippen molar-refractivity contribution in [1.82, 2.24) is 10.2 Å². The average molecular weight is 390 g/mol. The summed E-state index contributed by atoms with van der Waals surface area (Å²) in [5, 5.41) is 13.8. The number of benzene rings is 2. The summed E-state index contributed by atoms with van der Waals surface area (Å²) in [4.78, 5) is 25.0. The predicted octanol–water partition coefficient (Wildman–Crippen LogP) is 2.88. The van der Waals surface area contributed by atoms with E-state index >= 15 is 0 Å². The maximum Gasteiger partial charge on any atom is 0.270 e. The number of rotatable bonds is 6. The van der Waals surface area contributed by atoms with Gasteiger partial charge < -0.3 is 10.1 Å². The fourth-order valence-electron chi connectivity index (χ4n) is 2.99. The molecule has 3 rings (SSSR count). The van der Waals surface area contributed by atoms with Crippen molar-refractivity contribution in [2.75, 3.05) is 26.2 Å². The van der Waals surface area contributed by atoms with Crippen LogP contribution in [0.3, 0.4) is 0 Å². The molecule has 142 valence electrons. The molecule has 0 bridgehead atoms.